The first-order valence-corrected chi connectivity index (χ1v) is 6.42. The number of hydrogen-bond donors (Lipinski definition) is 1. The highest BCUT2D eigenvalue weighted by atomic mass is 19.1. The van der Waals surface area contributed by atoms with Crippen LogP contribution in [0.3, 0.4) is 0 Å². The molecule has 21 heavy (non-hydrogen) atoms. The van der Waals surface area contributed by atoms with Gasteiger partial charge in [-0.1, -0.05) is 0 Å². The topological polar surface area (TPSA) is 81.5 Å². The van der Waals surface area contributed by atoms with Crippen molar-refractivity contribution in [3.05, 3.63) is 39.4 Å². The van der Waals surface area contributed by atoms with Crippen molar-refractivity contribution in [2.75, 3.05) is 13.2 Å². The molecule has 1 amide bonds. The van der Waals surface area contributed by atoms with Gasteiger partial charge in [0.05, 0.1) is 23.2 Å². The average molecular weight is 300 g/mol. The van der Waals surface area contributed by atoms with E-state index in [1.807, 2.05) is 0 Å². The van der Waals surface area contributed by atoms with E-state index in [0.717, 1.165) is 6.42 Å². The zero-order chi connectivity index (χ0) is 15.6. The molecule has 0 bridgehead atoms. The summed E-state index contributed by atoms with van der Waals surface area (Å²) in [6.07, 6.45) is 0.776. The van der Waals surface area contributed by atoms with Crippen LogP contribution in [0.15, 0.2) is 12.1 Å². The van der Waals surface area contributed by atoms with E-state index in [4.69, 9.17) is 4.74 Å². The summed E-state index contributed by atoms with van der Waals surface area (Å²) in [5.74, 6) is -3.07. The summed E-state index contributed by atoms with van der Waals surface area (Å²) in [6.45, 7) is 2.85. The second-order valence-corrected chi connectivity index (χ2v) is 4.93. The highest BCUT2D eigenvalue weighted by molar-refractivity contribution is 5.95. The summed E-state index contributed by atoms with van der Waals surface area (Å²) in [5, 5.41) is 13.1. The highest BCUT2D eigenvalue weighted by Gasteiger charge is 2.26. The third-order valence-corrected chi connectivity index (χ3v) is 3.51. The second-order valence-electron chi connectivity index (χ2n) is 4.93. The number of nitro groups is 1. The lowest BCUT2D eigenvalue weighted by Gasteiger charge is -2.19. The summed E-state index contributed by atoms with van der Waals surface area (Å²) in [7, 11) is 0. The highest BCUT2D eigenvalue weighted by Crippen LogP contribution is 2.22. The molecule has 1 aromatic rings. The first-order chi connectivity index (χ1) is 9.90. The molecule has 6 nitrogen and oxygen atoms in total. The fourth-order valence-electron chi connectivity index (χ4n) is 2.20. The number of nitrogens with zero attached hydrogens (tertiary/aromatic N) is 1. The van der Waals surface area contributed by atoms with Gasteiger partial charge >= 0.3 is 5.69 Å². The molecule has 1 aliphatic heterocycles. The van der Waals surface area contributed by atoms with Gasteiger partial charge in [0.25, 0.3) is 5.91 Å². The predicted octanol–water partition coefficient (Wildman–Crippen LogP) is 2.03. The Bertz CT molecular complexity index is 574. The van der Waals surface area contributed by atoms with E-state index in [1.54, 1.807) is 6.92 Å². The van der Waals surface area contributed by atoms with Crippen LogP contribution in [0.25, 0.3) is 0 Å². The first-order valence-electron chi connectivity index (χ1n) is 6.42. The number of hydrogen-bond acceptors (Lipinski definition) is 4. The van der Waals surface area contributed by atoms with Crippen LogP contribution in [0.2, 0.25) is 0 Å². The van der Waals surface area contributed by atoms with Crippen molar-refractivity contribution in [3.8, 4) is 0 Å². The number of amides is 1. The number of carbonyl (C=O) groups is 1. The monoisotopic (exact) mass is 300 g/mol. The zero-order valence-electron chi connectivity index (χ0n) is 11.3. The van der Waals surface area contributed by atoms with Crippen molar-refractivity contribution in [1.29, 1.82) is 0 Å². The number of nitrogens with one attached hydrogen (secondary N) is 1. The Morgan fingerprint density at radius 1 is 1.48 bits per heavy atom. The lowest BCUT2D eigenvalue weighted by Crippen LogP contribution is -2.38. The van der Waals surface area contributed by atoms with Gasteiger partial charge in [0.15, 0.2) is 0 Å². The van der Waals surface area contributed by atoms with Gasteiger partial charge in [-0.15, -0.1) is 0 Å². The normalized spacial score (nSPS) is 19.3. The molecule has 1 saturated heterocycles. The molecule has 8 heteroatoms. The molecule has 1 heterocycles. The summed E-state index contributed by atoms with van der Waals surface area (Å²) >= 11 is 0. The molecule has 0 spiro atoms. The standard InChI is InChI=1S/C13H14F2N2O4/c1-7(8-2-3-21-6-8)16-13(18)9-4-11(15)12(17(19)20)5-10(9)14/h4-5,7-8H,2-3,6H2,1H3,(H,16,18)/t7-,8+/m1/s1. The SMILES string of the molecule is C[C@@H](NC(=O)c1cc(F)c([N+](=O)[O-])cc1F)[C@H]1CCOC1. The number of carbonyl (C=O) groups excluding carboxylic acids is 1. The van der Waals surface area contributed by atoms with Crippen LogP contribution in [0.5, 0.6) is 0 Å². The van der Waals surface area contributed by atoms with Crippen molar-refractivity contribution in [2.45, 2.75) is 19.4 Å². The molecule has 1 aliphatic rings. The Hall–Kier alpha value is -2.09. The molecular formula is C13H14F2N2O4. The Morgan fingerprint density at radius 2 is 2.19 bits per heavy atom. The molecule has 0 saturated carbocycles. The number of ether oxygens (including phenoxy) is 1. The van der Waals surface area contributed by atoms with Crippen LogP contribution in [-0.2, 0) is 4.74 Å². The largest absolute Gasteiger partial charge is 0.381 e. The minimum Gasteiger partial charge on any atom is -0.381 e. The minimum atomic E-state index is -1.25. The third kappa shape index (κ3) is 3.33. The summed E-state index contributed by atoms with van der Waals surface area (Å²) in [5.41, 5.74) is -1.55. The predicted molar refractivity (Wildman–Crippen MR) is 68.9 cm³/mol. The number of nitro benzene ring substituents is 1. The number of rotatable bonds is 4. The molecule has 1 N–H and O–H groups in total. The number of halogens is 2. The number of benzene rings is 1. The van der Waals surface area contributed by atoms with Crippen molar-refractivity contribution < 1.29 is 23.2 Å². The van der Waals surface area contributed by atoms with E-state index in [-0.39, 0.29) is 12.0 Å². The van der Waals surface area contributed by atoms with Crippen molar-refractivity contribution in [2.24, 2.45) is 5.92 Å². The summed E-state index contributed by atoms with van der Waals surface area (Å²) < 4.78 is 32.4. The molecule has 1 fully saturated rings. The minimum absolute atomic E-state index is 0.111. The summed E-state index contributed by atoms with van der Waals surface area (Å²) in [4.78, 5) is 21.4. The van der Waals surface area contributed by atoms with Crippen LogP contribution in [0, 0.1) is 27.7 Å². The molecule has 0 aromatic heterocycles. The Balaban J connectivity index is 2.15. The maximum atomic E-state index is 13.7. The third-order valence-electron chi connectivity index (χ3n) is 3.51. The quantitative estimate of drug-likeness (QED) is 0.681. The van der Waals surface area contributed by atoms with Gasteiger partial charge < -0.3 is 10.1 Å². The Kier molecular flexibility index (Phi) is 4.46. The smallest absolute Gasteiger partial charge is 0.307 e. The second kappa shape index (κ2) is 6.13. The maximum absolute atomic E-state index is 13.7. The molecule has 0 unspecified atom stereocenters. The molecule has 0 radical (unpaired) electrons. The first kappa shape index (κ1) is 15.3. The van der Waals surface area contributed by atoms with E-state index < -0.39 is 33.7 Å². The lowest BCUT2D eigenvalue weighted by molar-refractivity contribution is -0.387. The molecule has 0 aliphatic carbocycles. The average Bonchev–Trinajstić information content (AvgIpc) is 2.94. The zero-order valence-corrected chi connectivity index (χ0v) is 11.3. The molecule has 2 rings (SSSR count). The Morgan fingerprint density at radius 3 is 2.76 bits per heavy atom. The molecule has 114 valence electrons. The van der Waals surface area contributed by atoms with Crippen molar-refractivity contribution in [3.63, 3.8) is 0 Å². The van der Waals surface area contributed by atoms with Crippen molar-refractivity contribution >= 4 is 11.6 Å². The van der Waals surface area contributed by atoms with Crippen LogP contribution >= 0.6 is 0 Å². The van der Waals surface area contributed by atoms with Gasteiger partial charge in [0.1, 0.15) is 5.82 Å². The Labute approximate surface area is 119 Å². The van der Waals surface area contributed by atoms with E-state index in [9.17, 15) is 23.7 Å². The summed E-state index contributed by atoms with van der Waals surface area (Å²) in [6, 6.07) is 0.687. The van der Waals surface area contributed by atoms with Gasteiger partial charge in [-0.25, -0.2) is 4.39 Å². The van der Waals surface area contributed by atoms with Gasteiger partial charge in [-0.05, 0) is 19.4 Å². The molecule has 1 aromatic carbocycles. The fraction of sp³-hybridized carbons (Fsp3) is 0.462. The molecule has 2 atom stereocenters. The van der Waals surface area contributed by atoms with E-state index >= 15 is 0 Å². The van der Waals surface area contributed by atoms with Crippen LogP contribution in [0.4, 0.5) is 14.5 Å². The van der Waals surface area contributed by atoms with Crippen LogP contribution in [-0.4, -0.2) is 30.1 Å². The van der Waals surface area contributed by atoms with Gasteiger partial charge in [-0.2, -0.15) is 4.39 Å². The van der Waals surface area contributed by atoms with Crippen molar-refractivity contribution in [1.82, 2.24) is 5.32 Å². The van der Waals surface area contributed by atoms with Gasteiger partial charge in [0.2, 0.25) is 5.82 Å². The fourth-order valence-corrected chi connectivity index (χ4v) is 2.20. The lowest BCUT2D eigenvalue weighted by atomic mass is 10.0. The van der Waals surface area contributed by atoms with Crippen LogP contribution in [0.1, 0.15) is 23.7 Å². The van der Waals surface area contributed by atoms with Gasteiger partial charge in [0, 0.05) is 18.6 Å². The van der Waals surface area contributed by atoms with Crippen LogP contribution < -0.4 is 5.32 Å². The molecular weight excluding hydrogens is 286 g/mol. The van der Waals surface area contributed by atoms with E-state index in [2.05, 4.69) is 5.32 Å². The van der Waals surface area contributed by atoms with E-state index in [1.165, 1.54) is 0 Å². The maximum Gasteiger partial charge on any atom is 0.307 e. The van der Waals surface area contributed by atoms with Gasteiger partial charge in [-0.3, -0.25) is 14.9 Å². The van der Waals surface area contributed by atoms with E-state index in [0.29, 0.717) is 25.3 Å².